The van der Waals surface area contributed by atoms with Crippen LogP contribution in [0.1, 0.15) is 0 Å². The van der Waals surface area contributed by atoms with Crippen molar-refractivity contribution in [1.29, 1.82) is 0 Å². The second-order valence-electron chi connectivity index (χ2n) is 2.19. The monoisotopic (exact) mass is 154 g/mol. The molecule has 1 heterocycles. The summed E-state index contributed by atoms with van der Waals surface area (Å²) in [6.07, 6.45) is 1.00. The van der Waals surface area contributed by atoms with Crippen molar-refractivity contribution in [3.8, 4) is 0 Å². The Balaban J connectivity index is 2.90. The highest BCUT2D eigenvalue weighted by atomic mass is 19.2. The molecule has 56 valence electrons. The van der Waals surface area contributed by atoms with Gasteiger partial charge in [-0.25, -0.2) is 4.39 Å². The van der Waals surface area contributed by atoms with Crippen LogP contribution >= 0.6 is 0 Å². The summed E-state index contributed by atoms with van der Waals surface area (Å²) in [5.41, 5.74) is 0.326. The maximum atomic E-state index is 12.8. The number of benzene rings is 1. The highest BCUT2D eigenvalue weighted by Gasteiger charge is 2.03. The predicted molar refractivity (Wildman–Crippen MR) is 36.2 cm³/mol. The molecule has 2 nitrogen and oxygen atoms in total. The molecule has 0 aliphatic rings. The van der Waals surface area contributed by atoms with E-state index in [-0.39, 0.29) is 10.3 Å². The molecule has 0 atom stereocenters. The van der Waals surface area contributed by atoms with Crippen molar-refractivity contribution in [2.75, 3.05) is 0 Å². The lowest BCUT2D eigenvalue weighted by Crippen LogP contribution is -1.77. The van der Waals surface area contributed by atoms with Crippen molar-refractivity contribution in [1.82, 2.24) is 10.0 Å². The second kappa shape index (κ2) is 2.02. The smallest absolute Gasteiger partial charge is 0.134 e. The minimum absolute atomic E-state index is 0.105. The maximum Gasteiger partial charge on any atom is 0.134 e. The van der Waals surface area contributed by atoms with Crippen molar-refractivity contribution in [3.63, 3.8) is 0 Å². The van der Waals surface area contributed by atoms with Gasteiger partial charge in [0.2, 0.25) is 0 Å². The molecule has 0 bridgehead atoms. The third kappa shape index (κ3) is 0.869. The molecule has 2 rings (SSSR count). The molecule has 0 aliphatic carbocycles. The van der Waals surface area contributed by atoms with Gasteiger partial charge < -0.3 is 0 Å². The largest absolute Gasteiger partial charge is 0.206 e. The molecule has 2 aromatic rings. The molecule has 1 aromatic carbocycles. The topological polar surface area (TPSA) is 17.8 Å². The molecule has 0 radical (unpaired) electrons. The fourth-order valence-corrected chi connectivity index (χ4v) is 0.979. The lowest BCUT2D eigenvalue weighted by Gasteiger charge is -1.85. The standard InChI is InChI=1S/C7H4F2N2/c8-6-2-1-3-7-5(6)4-11(9)10-7/h1-4H. The van der Waals surface area contributed by atoms with E-state index in [4.69, 9.17) is 0 Å². The summed E-state index contributed by atoms with van der Waals surface area (Å²) in [5, 5.41) is 3.59. The van der Waals surface area contributed by atoms with E-state index in [1.807, 2.05) is 0 Å². The average Bonchev–Trinajstić information content (AvgIpc) is 2.31. The van der Waals surface area contributed by atoms with E-state index in [2.05, 4.69) is 5.10 Å². The van der Waals surface area contributed by atoms with Crippen LogP contribution in [0.5, 0.6) is 0 Å². The summed E-state index contributed by atoms with van der Waals surface area (Å²) < 4.78 is 25.1. The first-order valence-electron chi connectivity index (χ1n) is 3.07. The van der Waals surface area contributed by atoms with E-state index < -0.39 is 5.82 Å². The van der Waals surface area contributed by atoms with E-state index >= 15 is 0 Å². The molecule has 0 saturated carbocycles. The quantitative estimate of drug-likeness (QED) is 0.566. The van der Waals surface area contributed by atoms with E-state index in [1.54, 1.807) is 6.07 Å². The third-order valence-electron chi connectivity index (χ3n) is 1.47. The number of hydrogen-bond donors (Lipinski definition) is 0. The van der Waals surface area contributed by atoms with Crippen molar-refractivity contribution in [3.05, 3.63) is 30.2 Å². The highest BCUT2D eigenvalue weighted by molar-refractivity contribution is 5.78. The zero-order valence-electron chi connectivity index (χ0n) is 5.46. The first-order chi connectivity index (χ1) is 5.27. The lowest BCUT2D eigenvalue weighted by molar-refractivity contribution is 0.319. The molecule has 0 unspecified atom stereocenters. The van der Waals surface area contributed by atoms with Crippen LogP contribution < -0.4 is 0 Å². The molecule has 4 heteroatoms. The highest BCUT2D eigenvalue weighted by Crippen LogP contribution is 2.15. The molecule has 0 saturated heterocycles. The molecule has 11 heavy (non-hydrogen) atoms. The number of hydrogen-bond acceptors (Lipinski definition) is 1. The Morgan fingerprint density at radius 1 is 1.36 bits per heavy atom. The van der Waals surface area contributed by atoms with Gasteiger partial charge in [-0.1, -0.05) is 10.5 Å². The van der Waals surface area contributed by atoms with Gasteiger partial charge in [0.05, 0.1) is 17.1 Å². The SMILES string of the molecule is Fc1cccc2nn(F)cc12. The Hall–Kier alpha value is -1.45. The number of rotatable bonds is 0. The second-order valence-corrected chi connectivity index (χ2v) is 2.19. The number of halogens is 2. The van der Waals surface area contributed by atoms with Gasteiger partial charge in [-0.2, -0.15) is 0 Å². The minimum atomic E-state index is -0.452. The van der Waals surface area contributed by atoms with Crippen LogP contribution in [0.4, 0.5) is 8.87 Å². The summed E-state index contributed by atoms with van der Waals surface area (Å²) in [6, 6.07) is 4.31. The summed E-state index contributed by atoms with van der Waals surface area (Å²) in [6.45, 7) is 0. The zero-order valence-corrected chi connectivity index (χ0v) is 5.46. The van der Waals surface area contributed by atoms with Crippen LogP contribution in [0.2, 0.25) is 0 Å². The van der Waals surface area contributed by atoms with Crippen molar-refractivity contribution < 1.29 is 8.87 Å². The van der Waals surface area contributed by atoms with E-state index in [0.29, 0.717) is 5.52 Å². The summed E-state index contributed by atoms with van der Waals surface area (Å²) in [5.74, 6) is -0.452. The Bertz CT molecular complexity index is 394. The predicted octanol–water partition coefficient (Wildman–Crippen LogP) is 1.91. The normalized spacial score (nSPS) is 10.7. The van der Waals surface area contributed by atoms with Gasteiger partial charge in [-0.05, 0) is 12.1 Å². The van der Waals surface area contributed by atoms with Crippen LogP contribution in [-0.2, 0) is 0 Å². The lowest BCUT2D eigenvalue weighted by atomic mass is 10.2. The molecule has 0 spiro atoms. The van der Waals surface area contributed by atoms with E-state index in [9.17, 15) is 8.87 Å². The van der Waals surface area contributed by atoms with Gasteiger partial charge in [0.15, 0.2) is 0 Å². The van der Waals surface area contributed by atoms with Gasteiger partial charge in [0.1, 0.15) is 5.82 Å². The number of fused-ring (bicyclic) bond motifs is 1. The first kappa shape index (κ1) is 6.27. The van der Waals surface area contributed by atoms with Gasteiger partial charge in [0.25, 0.3) is 0 Å². The Labute approximate surface area is 61.0 Å². The Kier molecular flexibility index (Phi) is 1.15. The van der Waals surface area contributed by atoms with Crippen LogP contribution in [0.3, 0.4) is 0 Å². The summed E-state index contributed by atoms with van der Waals surface area (Å²) >= 11 is 0. The fraction of sp³-hybridized carbons (Fsp3) is 0. The van der Waals surface area contributed by atoms with Crippen LogP contribution in [0.15, 0.2) is 24.4 Å². The first-order valence-corrected chi connectivity index (χ1v) is 3.07. The van der Waals surface area contributed by atoms with E-state index in [1.165, 1.54) is 12.1 Å². The fourth-order valence-electron chi connectivity index (χ4n) is 0.979. The van der Waals surface area contributed by atoms with Gasteiger partial charge in [-0.3, -0.25) is 0 Å². The summed E-state index contributed by atoms with van der Waals surface area (Å²) in [7, 11) is 0. The van der Waals surface area contributed by atoms with Gasteiger partial charge >= 0.3 is 0 Å². The van der Waals surface area contributed by atoms with Crippen molar-refractivity contribution >= 4 is 10.9 Å². The maximum absolute atomic E-state index is 12.8. The zero-order chi connectivity index (χ0) is 7.84. The van der Waals surface area contributed by atoms with Crippen molar-refractivity contribution in [2.24, 2.45) is 0 Å². The van der Waals surface area contributed by atoms with Gasteiger partial charge in [-0.15, -0.1) is 10.0 Å². The molecule has 0 fully saturated rings. The van der Waals surface area contributed by atoms with E-state index in [0.717, 1.165) is 6.20 Å². The van der Waals surface area contributed by atoms with Crippen LogP contribution in [0.25, 0.3) is 10.9 Å². The molecule has 1 aromatic heterocycles. The molecule has 0 aliphatic heterocycles. The average molecular weight is 154 g/mol. The molecular weight excluding hydrogens is 150 g/mol. The Morgan fingerprint density at radius 2 is 2.18 bits per heavy atom. The third-order valence-corrected chi connectivity index (χ3v) is 1.47. The number of nitrogens with zero attached hydrogens (tertiary/aromatic N) is 2. The van der Waals surface area contributed by atoms with Crippen molar-refractivity contribution in [2.45, 2.75) is 0 Å². The number of aromatic nitrogens is 2. The van der Waals surface area contributed by atoms with Gasteiger partial charge in [0, 0.05) is 0 Å². The minimum Gasteiger partial charge on any atom is -0.206 e. The Morgan fingerprint density at radius 3 is 2.91 bits per heavy atom. The molecular formula is C7H4F2N2. The van der Waals surface area contributed by atoms with Crippen LogP contribution in [-0.4, -0.2) is 10.0 Å². The molecule has 0 N–H and O–H groups in total. The summed E-state index contributed by atoms with van der Waals surface area (Å²) in [4.78, 5) is 0.105. The molecule has 0 amide bonds. The van der Waals surface area contributed by atoms with Crippen LogP contribution in [0, 0.1) is 5.82 Å².